The molecular formula is C17H18N2O4. The average Bonchev–Trinajstić information content (AvgIpc) is 3.02. The monoisotopic (exact) mass is 314 g/mol. The van der Waals surface area contributed by atoms with Gasteiger partial charge in [-0.2, -0.15) is 0 Å². The average molecular weight is 314 g/mol. The number of Topliss-reactive ketones (excluding diaryl/α,β-unsaturated/α-hetero) is 1. The third kappa shape index (κ3) is 3.48. The number of carbonyl (C=O) groups excluding carboxylic acids is 2. The molecule has 120 valence electrons. The topological polar surface area (TPSA) is 72.6 Å². The van der Waals surface area contributed by atoms with Crippen molar-refractivity contribution in [3.63, 3.8) is 0 Å². The zero-order valence-electron chi connectivity index (χ0n) is 12.9. The van der Waals surface area contributed by atoms with Crippen molar-refractivity contribution < 1.29 is 18.8 Å². The molecule has 3 rings (SSSR count). The van der Waals surface area contributed by atoms with E-state index in [1.165, 1.54) is 0 Å². The summed E-state index contributed by atoms with van der Waals surface area (Å²) in [5, 5.41) is 3.77. The smallest absolute Gasteiger partial charge is 0.276 e. The molecule has 2 heterocycles. The molecule has 0 N–H and O–H groups in total. The lowest BCUT2D eigenvalue weighted by Crippen LogP contribution is -2.49. The maximum Gasteiger partial charge on any atom is 0.276 e. The largest absolute Gasteiger partial charge is 0.377 e. The molecule has 1 aliphatic rings. The number of amides is 1. The van der Waals surface area contributed by atoms with Crippen LogP contribution in [-0.4, -0.2) is 47.5 Å². The number of morpholine rings is 1. The molecular weight excluding hydrogens is 296 g/mol. The van der Waals surface area contributed by atoms with Crippen LogP contribution in [0.15, 0.2) is 40.9 Å². The number of nitrogens with zero attached hydrogens (tertiary/aromatic N) is 2. The molecule has 1 amide bonds. The summed E-state index contributed by atoms with van der Waals surface area (Å²) >= 11 is 0. The highest BCUT2D eigenvalue weighted by molar-refractivity contribution is 5.97. The fraction of sp³-hybridized carbons (Fsp3) is 0.353. The molecule has 0 bridgehead atoms. The van der Waals surface area contributed by atoms with E-state index in [9.17, 15) is 9.59 Å². The number of carbonyl (C=O) groups is 2. The van der Waals surface area contributed by atoms with Gasteiger partial charge in [0.25, 0.3) is 5.91 Å². The van der Waals surface area contributed by atoms with Crippen molar-refractivity contribution in [1.29, 1.82) is 0 Å². The summed E-state index contributed by atoms with van der Waals surface area (Å²) in [6, 6.07) is 10.4. The first-order valence-corrected chi connectivity index (χ1v) is 7.55. The first kappa shape index (κ1) is 15.4. The maximum atomic E-state index is 12.6. The van der Waals surface area contributed by atoms with E-state index in [0.29, 0.717) is 31.1 Å². The fourth-order valence-electron chi connectivity index (χ4n) is 2.66. The van der Waals surface area contributed by atoms with Crippen LogP contribution >= 0.6 is 0 Å². The standard InChI is InChI=1S/C17H18N2O4/c1-12-9-15(18-23-12)17(21)19-7-8-22-11-14(19)10-16(20)13-5-3-2-4-6-13/h2-6,9,14H,7-8,10-11H2,1H3/t14-/m0/s1. The molecule has 1 aliphatic heterocycles. The van der Waals surface area contributed by atoms with Crippen molar-refractivity contribution in [2.75, 3.05) is 19.8 Å². The number of benzene rings is 1. The van der Waals surface area contributed by atoms with Gasteiger partial charge < -0.3 is 14.2 Å². The Bertz CT molecular complexity index is 696. The van der Waals surface area contributed by atoms with Gasteiger partial charge in [-0.15, -0.1) is 0 Å². The molecule has 1 saturated heterocycles. The molecule has 0 radical (unpaired) electrons. The Balaban J connectivity index is 1.74. The van der Waals surface area contributed by atoms with E-state index in [1.807, 2.05) is 18.2 Å². The second-order valence-corrected chi connectivity index (χ2v) is 5.54. The number of rotatable bonds is 4. The predicted octanol–water partition coefficient (Wildman–Crippen LogP) is 2.10. The Kier molecular flexibility index (Phi) is 4.52. The summed E-state index contributed by atoms with van der Waals surface area (Å²) in [5.41, 5.74) is 0.907. The zero-order valence-corrected chi connectivity index (χ0v) is 12.9. The molecule has 0 spiro atoms. The number of hydrogen-bond acceptors (Lipinski definition) is 5. The molecule has 23 heavy (non-hydrogen) atoms. The molecule has 0 saturated carbocycles. The highest BCUT2D eigenvalue weighted by Crippen LogP contribution is 2.17. The van der Waals surface area contributed by atoms with E-state index in [2.05, 4.69) is 5.16 Å². The van der Waals surface area contributed by atoms with Gasteiger partial charge in [-0.05, 0) is 6.92 Å². The third-order valence-electron chi connectivity index (χ3n) is 3.85. The van der Waals surface area contributed by atoms with E-state index >= 15 is 0 Å². The van der Waals surface area contributed by atoms with Crippen molar-refractivity contribution in [2.45, 2.75) is 19.4 Å². The predicted molar refractivity (Wildman–Crippen MR) is 82.3 cm³/mol. The normalized spacial score (nSPS) is 18.0. The number of ketones is 1. The molecule has 6 heteroatoms. The van der Waals surface area contributed by atoms with Gasteiger partial charge in [-0.25, -0.2) is 0 Å². The Hall–Kier alpha value is -2.47. The lowest BCUT2D eigenvalue weighted by molar-refractivity contribution is -0.00329. The maximum absolute atomic E-state index is 12.6. The lowest BCUT2D eigenvalue weighted by Gasteiger charge is -2.34. The van der Waals surface area contributed by atoms with Gasteiger partial charge in [0.1, 0.15) is 5.76 Å². The number of aromatic nitrogens is 1. The van der Waals surface area contributed by atoms with E-state index in [4.69, 9.17) is 9.26 Å². The highest BCUT2D eigenvalue weighted by atomic mass is 16.5. The summed E-state index contributed by atoms with van der Waals surface area (Å²) in [6.07, 6.45) is 0.229. The van der Waals surface area contributed by atoms with E-state index in [1.54, 1.807) is 30.0 Å². The van der Waals surface area contributed by atoms with E-state index < -0.39 is 0 Å². The van der Waals surface area contributed by atoms with Gasteiger partial charge in [0, 0.05) is 24.6 Å². The number of aryl methyl sites for hydroxylation is 1. The van der Waals surface area contributed by atoms with Crippen molar-refractivity contribution in [3.8, 4) is 0 Å². The molecule has 2 aromatic rings. The molecule has 1 fully saturated rings. The van der Waals surface area contributed by atoms with Gasteiger partial charge in [0.05, 0.1) is 19.3 Å². The zero-order chi connectivity index (χ0) is 16.2. The van der Waals surface area contributed by atoms with Crippen molar-refractivity contribution in [1.82, 2.24) is 10.1 Å². The Labute approximate surface area is 134 Å². The number of ether oxygens (including phenoxy) is 1. The first-order chi connectivity index (χ1) is 11.1. The van der Waals surface area contributed by atoms with Gasteiger partial charge >= 0.3 is 0 Å². The first-order valence-electron chi connectivity index (χ1n) is 7.55. The van der Waals surface area contributed by atoms with Crippen molar-refractivity contribution in [3.05, 3.63) is 53.4 Å². The summed E-state index contributed by atoms with van der Waals surface area (Å²) < 4.78 is 10.4. The molecule has 1 aromatic carbocycles. The molecule has 1 aromatic heterocycles. The van der Waals surface area contributed by atoms with Gasteiger partial charge in [-0.3, -0.25) is 9.59 Å². The van der Waals surface area contributed by atoms with Crippen LogP contribution in [0.4, 0.5) is 0 Å². The van der Waals surface area contributed by atoms with Crippen LogP contribution in [0.2, 0.25) is 0 Å². The van der Waals surface area contributed by atoms with Crippen LogP contribution in [0.1, 0.15) is 33.0 Å². The van der Waals surface area contributed by atoms with Crippen LogP contribution in [0.3, 0.4) is 0 Å². The highest BCUT2D eigenvalue weighted by Gasteiger charge is 2.31. The quantitative estimate of drug-likeness (QED) is 0.808. The molecule has 0 unspecified atom stereocenters. The minimum atomic E-state index is -0.291. The minimum absolute atomic E-state index is 0.00441. The summed E-state index contributed by atoms with van der Waals surface area (Å²) in [5.74, 6) is 0.352. The summed E-state index contributed by atoms with van der Waals surface area (Å²) in [6.45, 7) is 2.98. The van der Waals surface area contributed by atoms with E-state index in [0.717, 1.165) is 0 Å². The van der Waals surface area contributed by atoms with Gasteiger partial charge in [-0.1, -0.05) is 35.5 Å². The molecule has 0 aliphatic carbocycles. The van der Waals surface area contributed by atoms with Crippen molar-refractivity contribution >= 4 is 11.7 Å². The minimum Gasteiger partial charge on any atom is -0.377 e. The van der Waals surface area contributed by atoms with Gasteiger partial charge in [0.15, 0.2) is 11.5 Å². The second kappa shape index (κ2) is 6.75. The molecule has 6 nitrogen and oxygen atoms in total. The lowest BCUT2D eigenvalue weighted by atomic mass is 10.0. The third-order valence-corrected chi connectivity index (χ3v) is 3.85. The Morgan fingerprint density at radius 3 is 2.78 bits per heavy atom. The number of hydrogen-bond donors (Lipinski definition) is 0. The van der Waals surface area contributed by atoms with Crippen LogP contribution in [0.25, 0.3) is 0 Å². The van der Waals surface area contributed by atoms with Crippen LogP contribution in [-0.2, 0) is 4.74 Å². The Morgan fingerprint density at radius 2 is 2.09 bits per heavy atom. The van der Waals surface area contributed by atoms with Gasteiger partial charge in [0.2, 0.25) is 0 Å². The SMILES string of the molecule is Cc1cc(C(=O)N2CCOC[C@@H]2CC(=O)c2ccccc2)no1. The van der Waals surface area contributed by atoms with E-state index in [-0.39, 0.29) is 29.8 Å². The summed E-state index contributed by atoms with van der Waals surface area (Å²) in [4.78, 5) is 26.6. The summed E-state index contributed by atoms with van der Waals surface area (Å²) in [7, 11) is 0. The molecule has 1 atom stereocenters. The van der Waals surface area contributed by atoms with Crippen LogP contribution in [0, 0.1) is 6.92 Å². The van der Waals surface area contributed by atoms with Crippen LogP contribution in [0.5, 0.6) is 0 Å². The fourth-order valence-corrected chi connectivity index (χ4v) is 2.66. The Morgan fingerprint density at radius 1 is 1.30 bits per heavy atom. The second-order valence-electron chi connectivity index (χ2n) is 5.54. The van der Waals surface area contributed by atoms with Crippen molar-refractivity contribution in [2.24, 2.45) is 0 Å². The van der Waals surface area contributed by atoms with Crippen LogP contribution < -0.4 is 0 Å².